The van der Waals surface area contributed by atoms with E-state index in [-0.39, 0.29) is 5.97 Å². The zero-order valence-corrected chi connectivity index (χ0v) is 19.6. The second-order valence-corrected chi connectivity index (χ2v) is 8.73. The summed E-state index contributed by atoms with van der Waals surface area (Å²) in [6.45, 7) is 7.49. The number of hydrogen-bond donors (Lipinski definition) is 0. The van der Waals surface area contributed by atoms with Crippen molar-refractivity contribution >= 4 is 11.8 Å². The number of unbranched alkanes of at least 4 members (excludes halogenated alkanes) is 17. The number of ketones is 1. The molecule has 0 bridgehead atoms. The van der Waals surface area contributed by atoms with Crippen LogP contribution in [0.3, 0.4) is 0 Å². The van der Waals surface area contributed by atoms with Gasteiger partial charge in [-0.3, -0.25) is 0 Å². The molecule has 0 aromatic rings. The first-order chi connectivity index (χ1) is 14.0. The Bertz CT molecular complexity index is 414. The van der Waals surface area contributed by atoms with Gasteiger partial charge in [-0.05, 0) is 26.7 Å². The van der Waals surface area contributed by atoms with Crippen molar-refractivity contribution in [3.05, 3.63) is 12.2 Å². The van der Waals surface area contributed by atoms with E-state index < -0.39 is 0 Å². The topological polar surface area (TPSA) is 43.4 Å². The van der Waals surface area contributed by atoms with Gasteiger partial charge in [0, 0.05) is 12.0 Å². The van der Waals surface area contributed by atoms with Crippen LogP contribution in [-0.2, 0) is 14.3 Å². The van der Waals surface area contributed by atoms with Gasteiger partial charge in [0.2, 0.25) is 0 Å². The van der Waals surface area contributed by atoms with Crippen LogP contribution in [-0.4, -0.2) is 18.4 Å². The molecule has 3 nitrogen and oxygen atoms in total. The summed E-state index contributed by atoms with van der Waals surface area (Å²) in [5, 5.41) is 0. The largest absolute Gasteiger partial charge is 0.462 e. The second kappa shape index (κ2) is 21.6. The van der Waals surface area contributed by atoms with Gasteiger partial charge in [0.1, 0.15) is 5.78 Å². The standard InChI is InChI=1S/C26H48O3/c1-24(2)26(28)29-23-21-19-17-15-13-11-9-7-5-4-6-8-10-12-14-16-18-20-22-25(3)27/h1,4-23H2,2-3H3. The van der Waals surface area contributed by atoms with Crippen molar-refractivity contribution in [2.45, 2.75) is 136 Å². The van der Waals surface area contributed by atoms with E-state index in [1.807, 2.05) is 0 Å². The summed E-state index contributed by atoms with van der Waals surface area (Å²) in [6, 6.07) is 0. The van der Waals surface area contributed by atoms with Gasteiger partial charge in [0.05, 0.1) is 6.61 Å². The molecule has 0 unspecified atom stereocenters. The highest BCUT2D eigenvalue weighted by molar-refractivity contribution is 5.86. The summed E-state index contributed by atoms with van der Waals surface area (Å²) in [6.07, 6.45) is 24.3. The van der Waals surface area contributed by atoms with Crippen molar-refractivity contribution in [3.63, 3.8) is 0 Å². The van der Waals surface area contributed by atoms with Crippen LogP contribution in [0.15, 0.2) is 12.2 Å². The van der Waals surface area contributed by atoms with Gasteiger partial charge in [-0.2, -0.15) is 0 Å². The first-order valence-electron chi connectivity index (χ1n) is 12.4. The van der Waals surface area contributed by atoms with Gasteiger partial charge in [-0.1, -0.05) is 109 Å². The molecule has 0 amide bonds. The molecule has 0 aromatic carbocycles. The number of hydrogen-bond acceptors (Lipinski definition) is 3. The van der Waals surface area contributed by atoms with E-state index in [1.54, 1.807) is 13.8 Å². The highest BCUT2D eigenvalue weighted by atomic mass is 16.5. The number of Topliss-reactive ketones (excluding diaryl/α,β-unsaturated/α-hetero) is 1. The van der Waals surface area contributed by atoms with Crippen LogP contribution < -0.4 is 0 Å². The van der Waals surface area contributed by atoms with Crippen molar-refractivity contribution < 1.29 is 14.3 Å². The summed E-state index contributed by atoms with van der Waals surface area (Å²) >= 11 is 0. The molecule has 0 aliphatic heterocycles. The maximum atomic E-state index is 11.2. The minimum atomic E-state index is -0.262. The third-order valence-electron chi connectivity index (χ3n) is 5.50. The Labute approximate surface area is 181 Å². The molecule has 0 aromatic heterocycles. The van der Waals surface area contributed by atoms with E-state index in [9.17, 15) is 9.59 Å². The fourth-order valence-electron chi connectivity index (χ4n) is 3.59. The van der Waals surface area contributed by atoms with Crippen molar-refractivity contribution in [1.82, 2.24) is 0 Å². The minimum Gasteiger partial charge on any atom is -0.462 e. The van der Waals surface area contributed by atoms with Crippen LogP contribution in [0.1, 0.15) is 136 Å². The van der Waals surface area contributed by atoms with Gasteiger partial charge >= 0.3 is 5.97 Å². The Balaban J connectivity index is 3.07. The molecule has 0 aliphatic rings. The number of carbonyl (C=O) groups is 2. The van der Waals surface area contributed by atoms with Crippen molar-refractivity contribution in [3.8, 4) is 0 Å². The summed E-state index contributed by atoms with van der Waals surface area (Å²) in [4.78, 5) is 22.1. The Morgan fingerprint density at radius 1 is 0.552 bits per heavy atom. The minimum absolute atomic E-state index is 0.262. The van der Waals surface area contributed by atoms with Crippen LogP contribution in [0.4, 0.5) is 0 Å². The third-order valence-corrected chi connectivity index (χ3v) is 5.50. The van der Waals surface area contributed by atoms with Crippen molar-refractivity contribution in [2.75, 3.05) is 6.61 Å². The second-order valence-electron chi connectivity index (χ2n) is 8.73. The third kappa shape index (κ3) is 23.0. The summed E-state index contributed by atoms with van der Waals surface area (Å²) < 4.78 is 5.10. The quantitative estimate of drug-likeness (QED) is 0.103. The van der Waals surface area contributed by atoms with Crippen molar-refractivity contribution in [2.24, 2.45) is 0 Å². The predicted molar refractivity (Wildman–Crippen MR) is 124 cm³/mol. The van der Waals surface area contributed by atoms with Gasteiger partial charge < -0.3 is 9.53 Å². The lowest BCUT2D eigenvalue weighted by Crippen LogP contribution is -2.05. The highest BCUT2D eigenvalue weighted by Gasteiger charge is 2.01. The Hall–Kier alpha value is -1.12. The van der Waals surface area contributed by atoms with Crippen LogP contribution in [0, 0.1) is 0 Å². The highest BCUT2D eigenvalue weighted by Crippen LogP contribution is 2.14. The Morgan fingerprint density at radius 2 is 0.862 bits per heavy atom. The lowest BCUT2D eigenvalue weighted by molar-refractivity contribution is -0.139. The molecule has 0 rings (SSSR count). The lowest BCUT2D eigenvalue weighted by atomic mass is 10.0. The zero-order chi connectivity index (χ0) is 21.6. The number of ether oxygens (including phenoxy) is 1. The first kappa shape index (κ1) is 27.9. The molecule has 29 heavy (non-hydrogen) atoms. The Morgan fingerprint density at radius 3 is 1.17 bits per heavy atom. The lowest BCUT2D eigenvalue weighted by Gasteiger charge is -2.05. The molecular weight excluding hydrogens is 360 g/mol. The van der Waals surface area contributed by atoms with E-state index in [1.165, 1.54) is 96.3 Å². The number of rotatable bonds is 22. The fraction of sp³-hybridized carbons (Fsp3) is 0.846. The molecule has 0 atom stereocenters. The molecule has 170 valence electrons. The maximum absolute atomic E-state index is 11.2. The van der Waals surface area contributed by atoms with E-state index in [2.05, 4.69) is 6.58 Å². The van der Waals surface area contributed by atoms with E-state index in [0.29, 0.717) is 18.0 Å². The summed E-state index contributed by atoms with van der Waals surface area (Å²) in [5.74, 6) is 0.0724. The van der Waals surface area contributed by atoms with Gasteiger partial charge in [0.25, 0.3) is 0 Å². The van der Waals surface area contributed by atoms with Crippen LogP contribution in [0.2, 0.25) is 0 Å². The predicted octanol–water partition coefficient (Wildman–Crippen LogP) is 8.11. The summed E-state index contributed by atoms with van der Waals surface area (Å²) in [5.41, 5.74) is 0.485. The molecule has 0 saturated carbocycles. The average molecular weight is 409 g/mol. The van der Waals surface area contributed by atoms with Crippen LogP contribution >= 0.6 is 0 Å². The van der Waals surface area contributed by atoms with E-state index in [0.717, 1.165) is 25.7 Å². The number of esters is 1. The molecule has 0 fully saturated rings. The average Bonchev–Trinajstić information content (AvgIpc) is 2.68. The smallest absolute Gasteiger partial charge is 0.333 e. The zero-order valence-electron chi connectivity index (χ0n) is 19.6. The number of carbonyl (C=O) groups excluding carboxylic acids is 2. The first-order valence-corrected chi connectivity index (χ1v) is 12.4. The molecular formula is C26H48O3. The molecule has 0 heterocycles. The van der Waals surface area contributed by atoms with Gasteiger partial charge in [-0.25, -0.2) is 4.79 Å². The van der Waals surface area contributed by atoms with Crippen molar-refractivity contribution in [1.29, 1.82) is 0 Å². The molecule has 0 radical (unpaired) electrons. The molecule has 0 spiro atoms. The SMILES string of the molecule is C=C(C)C(=O)OCCCCCCCCCCCCCCCCCCCCC(C)=O. The van der Waals surface area contributed by atoms with Crippen LogP contribution in [0.5, 0.6) is 0 Å². The Kier molecular flexibility index (Phi) is 20.8. The van der Waals surface area contributed by atoms with Gasteiger partial charge in [-0.15, -0.1) is 0 Å². The molecule has 3 heteroatoms. The molecule has 0 aliphatic carbocycles. The van der Waals surface area contributed by atoms with E-state index >= 15 is 0 Å². The molecule has 0 N–H and O–H groups in total. The van der Waals surface area contributed by atoms with Crippen LogP contribution in [0.25, 0.3) is 0 Å². The normalized spacial score (nSPS) is 10.8. The fourth-order valence-corrected chi connectivity index (χ4v) is 3.59. The summed E-state index contributed by atoms with van der Waals surface area (Å²) in [7, 11) is 0. The molecule has 0 saturated heterocycles. The van der Waals surface area contributed by atoms with Gasteiger partial charge in [0.15, 0.2) is 0 Å². The monoisotopic (exact) mass is 408 g/mol. The van der Waals surface area contributed by atoms with E-state index in [4.69, 9.17) is 4.74 Å². The maximum Gasteiger partial charge on any atom is 0.333 e.